The molecule has 2 aliphatic rings. The van der Waals surface area contributed by atoms with E-state index in [9.17, 15) is 33.3 Å². The van der Waals surface area contributed by atoms with Crippen LogP contribution in [0.2, 0.25) is 5.02 Å². The fourth-order valence-electron chi connectivity index (χ4n) is 5.36. The van der Waals surface area contributed by atoms with Crippen LogP contribution in [-0.2, 0) is 14.3 Å². The molecule has 220 valence electrons. The highest BCUT2D eigenvalue weighted by molar-refractivity contribution is 6.31. The maximum Gasteiger partial charge on any atom is 0.259 e. The fraction of sp³-hybridized carbons (Fsp3) is 0.444. The van der Waals surface area contributed by atoms with Crippen LogP contribution in [0.4, 0.5) is 18.9 Å². The zero-order valence-corrected chi connectivity index (χ0v) is 22.7. The third-order valence-electron chi connectivity index (χ3n) is 7.55. The molecule has 1 amide bonds. The molecule has 41 heavy (non-hydrogen) atoms. The van der Waals surface area contributed by atoms with E-state index in [4.69, 9.17) is 21.1 Å². The number of anilines is 1. The second-order valence-electron chi connectivity index (χ2n) is 10.2. The van der Waals surface area contributed by atoms with E-state index in [1.165, 1.54) is 18.2 Å². The Bertz CT molecular complexity index is 1400. The van der Waals surface area contributed by atoms with Crippen molar-refractivity contribution < 1.29 is 42.8 Å². The van der Waals surface area contributed by atoms with Crippen molar-refractivity contribution in [3.05, 3.63) is 64.6 Å². The van der Waals surface area contributed by atoms with E-state index in [0.717, 1.165) is 22.4 Å². The highest BCUT2D eigenvalue weighted by Gasteiger charge is 2.52. The molecule has 0 spiro atoms. The maximum atomic E-state index is 14.2. The van der Waals surface area contributed by atoms with Gasteiger partial charge in [0.25, 0.3) is 5.91 Å². The molecule has 1 saturated carbocycles. The van der Waals surface area contributed by atoms with Gasteiger partial charge in [0.1, 0.15) is 30.0 Å². The largest absolute Gasteiger partial charge is 0.394 e. The number of halogens is 4. The number of nitrogens with zero attached hydrogens (tertiary/aromatic N) is 4. The summed E-state index contributed by atoms with van der Waals surface area (Å²) in [5.74, 6) is -5.09. The minimum Gasteiger partial charge on any atom is -0.394 e. The molecule has 0 radical (unpaired) electrons. The normalized spacial score (nSPS) is 27.9. The minimum atomic E-state index is -1.64. The number of carbonyl (C=O) groups excluding carboxylic acids is 1. The first-order valence-electron chi connectivity index (χ1n) is 12.9. The van der Waals surface area contributed by atoms with Crippen LogP contribution in [0.15, 0.2) is 36.5 Å². The van der Waals surface area contributed by atoms with Gasteiger partial charge in [0, 0.05) is 23.4 Å². The van der Waals surface area contributed by atoms with Gasteiger partial charge >= 0.3 is 0 Å². The predicted molar refractivity (Wildman–Crippen MR) is 140 cm³/mol. The van der Waals surface area contributed by atoms with Crippen molar-refractivity contribution >= 4 is 23.2 Å². The van der Waals surface area contributed by atoms with Crippen molar-refractivity contribution in [2.24, 2.45) is 0 Å². The zero-order chi connectivity index (χ0) is 29.6. The SMILES string of the molecule is CO[C@@H]1[C@@H](n2cc(-c3cc(F)c(F)c(F)c3)nn2)[C@@H](O)[C@@H](CO)O[C@H]1C(=O)N(c1cc(C)cc(Cl)c1)[C@H]1CC[C@@H]1O. The molecule has 1 aromatic heterocycles. The molecule has 10 nitrogen and oxygen atoms in total. The van der Waals surface area contributed by atoms with Gasteiger partial charge in [-0.25, -0.2) is 17.9 Å². The lowest BCUT2D eigenvalue weighted by atomic mass is 9.85. The van der Waals surface area contributed by atoms with E-state index in [-0.39, 0.29) is 11.3 Å². The summed E-state index contributed by atoms with van der Waals surface area (Å²) in [5, 5.41) is 39.9. The summed E-state index contributed by atoms with van der Waals surface area (Å²) in [6.45, 7) is 1.13. The van der Waals surface area contributed by atoms with Gasteiger partial charge in [-0.15, -0.1) is 5.10 Å². The number of ether oxygens (including phenoxy) is 2. The number of carbonyl (C=O) groups is 1. The molecule has 1 saturated heterocycles. The zero-order valence-electron chi connectivity index (χ0n) is 22.0. The van der Waals surface area contributed by atoms with Crippen LogP contribution >= 0.6 is 11.6 Å². The first-order chi connectivity index (χ1) is 19.5. The van der Waals surface area contributed by atoms with Gasteiger partial charge in [-0.3, -0.25) is 4.79 Å². The quantitative estimate of drug-likeness (QED) is 0.355. The van der Waals surface area contributed by atoms with Crippen LogP contribution in [0.5, 0.6) is 0 Å². The summed E-state index contributed by atoms with van der Waals surface area (Å²) in [6.07, 6.45) is -3.87. The van der Waals surface area contributed by atoms with Crippen LogP contribution in [0.25, 0.3) is 11.3 Å². The molecule has 3 aromatic rings. The van der Waals surface area contributed by atoms with E-state index in [2.05, 4.69) is 10.3 Å². The number of aliphatic hydroxyl groups is 3. The first kappa shape index (κ1) is 29.4. The van der Waals surface area contributed by atoms with Gasteiger partial charge < -0.3 is 29.7 Å². The van der Waals surface area contributed by atoms with Crippen molar-refractivity contribution in [1.29, 1.82) is 0 Å². The lowest BCUT2D eigenvalue weighted by Gasteiger charge is -2.47. The molecule has 1 aliphatic carbocycles. The number of methoxy groups -OCH3 is 1. The summed E-state index contributed by atoms with van der Waals surface area (Å²) in [6, 6.07) is 4.79. The monoisotopic (exact) mass is 596 g/mol. The molecule has 2 fully saturated rings. The third-order valence-corrected chi connectivity index (χ3v) is 7.77. The van der Waals surface area contributed by atoms with Crippen LogP contribution < -0.4 is 4.90 Å². The van der Waals surface area contributed by atoms with Gasteiger partial charge in [-0.05, 0) is 55.7 Å². The number of amides is 1. The van der Waals surface area contributed by atoms with Crippen molar-refractivity contribution in [3.63, 3.8) is 0 Å². The fourth-order valence-corrected chi connectivity index (χ4v) is 5.64. The Morgan fingerprint density at radius 1 is 1.17 bits per heavy atom. The summed E-state index contributed by atoms with van der Waals surface area (Å²) < 4.78 is 53.9. The van der Waals surface area contributed by atoms with Gasteiger partial charge in [-0.1, -0.05) is 16.8 Å². The highest BCUT2D eigenvalue weighted by Crippen LogP contribution is 2.38. The number of rotatable bonds is 7. The molecule has 7 atom stereocenters. The molecule has 5 rings (SSSR count). The lowest BCUT2D eigenvalue weighted by Crippen LogP contribution is -2.64. The summed E-state index contributed by atoms with van der Waals surface area (Å²) in [4.78, 5) is 15.6. The number of benzene rings is 2. The smallest absolute Gasteiger partial charge is 0.259 e. The van der Waals surface area contributed by atoms with E-state index < -0.39 is 72.6 Å². The minimum absolute atomic E-state index is 0.0478. The number of aryl methyl sites for hydroxylation is 1. The Morgan fingerprint density at radius 2 is 1.88 bits per heavy atom. The van der Waals surface area contributed by atoms with E-state index >= 15 is 0 Å². The van der Waals surface area contributed by atoms with E-state index in [1.54, 1.807) is 25.1 Å². The predicted octanol–water partition coefficient (Wildman–Crippen LogP) is 2.56. The second kappa shape index (κ2) is 11.7. The maximum absolute atomic E-state index is 14.2. The van der Waals surface area contributed by atoms with Gasteiger partial charge in [0.2, 0.25) is 0 Å². The summed E-state index contributed by atoms with van der Waals surface area (Å²) >= 11 is 6.28. The standard InChI is InChI=1S/C27H28ClF3N4O6/c1-12-5-14(28)9-15(6-12)35(19-3-4-20(19)37)27(39)26-25(40-2)23(24(38)21(11-36)41-26)34-10-18(32-33-34)13-7-16(29)22(31)17(30)8-13/h5-10,19-21,23-26,36-38H,3-4,11H2,1-2H3/t19-,20-,21+,23-,24-,25+,26+/m0/s1. The second-order valence-corrected chi connectivity index (χ2v) is 10.6. The van der Waals surface area contributed by atoms with Gasteiger partial charge in [-0.2, -0.15) is 0 Å². The van der Waals surface area contributed by atoms with E-state index in [0.29, 0.717) is 23.6 Å². The van der Waals surface area contributed by atoms with Gasteiger partial charge in [0.05, 0.1) is 24.9 Å². The Kier molecular flexibility index (Phi) is 8.37. The van der Waals surface area contributed by atoms with Crippen LogP contribution in [0.1, 0.15) is 24.4 Å². The summed E-state index contributed by atoms with van der Waals surface area (Å²) in [5.41, 5.74) is 1.04. The summed E-state index contributed by atoms with van der Waals surface area (Å²) in [7, 11) is 1.29. The molecule has 2 aromatic carbocycles. The Balaban J connectivity index is 1.53. The molecule has 0 bridgehead atoms. The Labute approximate surface area is 237 Å². The highest BCUT2D eigenvalue weighted by atomic mass is 35.5. The molecule has 1 aliphatic heterocycles. The molecular weight excluding hydrogens is 569 g/mol. The first-order valence-corrected chi connectivity index (χ1v) is 13.2. The average Bonchev–Trinajstić information content (AvgIpc) is 3.42. The van der Waals surface area contributed by atoms with Crippen LogP contribution in [0, 0.1) is 24.4 Å². The Hall–Kier alpha value is -3.07. The molecule has 14 heteroatoms. The topological polar surface area (TPSA) is 130 Å². The lowest BCUT2D eigenvalue weighted by molar-refractivity contribution is -0.211. The van der Waals surface area contributed by atoms with Crippen LogP contribution in [0.3, 0.4) is 0 Å². The van der Waals surface area contributed by atoms with Crippen molar-refractivity contribution in [2.75, 3.05) is 18.6 Å². The average molecular weight is 597 g/mol. The van der Waals surface area contributed by atoms with E-state index in [1.807, 2.05) is 0 Å². The number of aromatic nitrogens is 3. The van der Waals surface area contributed by atoms with Crippen LogP contribution in [-0.4, -0.2) is 86.5 Å². The van der Waals surface area contributed by atoms with Crippen molar-refractivity contribution in [2.45, 2.75) is 62.4 Å². The molecule has 0 unspecified atom stereocenters. The number of aliphatic hydroxyl groups excluding tert-OH is 3. The third kappa shape index (κ3) is 5.45. The Morgan fingerprint density at radius 3 is 2.44 bits per heavy atom. The molecule has 2 heterocycles. The number of hydrogen-bond donors (Lipinski definition) is 3. The van der Waals surface area contributed by atoms with Crippen molar-refractivity contribution in [1.82, 2.24) is 15.0 Å². The van der Waals surface area contributed by atoms with Crippen molar-refractivity contribution in [3.8, 4) is 11.3 Å². The van der Waals surface area contributed by atoms with Gasteiger partial charge in [0.15, 0.2) is 23.6 Å². The number of hydrogen-bond acceptors (Lipinski definition) is 8. The molecule has 3 N–H and O–H groups in total. The molecular formula is C27H28ClF3N4O6.